The quantitative estimate of drug-likeness (QED) is 0.834. The van der Waals surface area contributed by atoms with E-state index in [0.717, 1.165) is 17.9 Å². The van der Waals surface area contributed by atoms with Crippen LogP contribution in [-0.4, -0.2) is 34.5 Å². The maximum atomic E-state index is 9.24. The number of nitriles is 1. The maximum Gasteiger partial charge on any atom is 0.146 e. The van der Waals surface area contributed by atoms with E-state index in [1.807, 2.05) is 26.4 Å². The van der Waals surface area contributed by atoms with Gasteiger partial charge in [-0.3, -0.25) is 4.68 Å². The van der Waals surface area contributed by atoms with Crippen LogP contribution < -0.4 is 4.90 Å². The first-order chi connectivity index (χ1) is 10.1. The molecular formula is C15H17N5O. The van der Waals surface area contributed by atoms with Crippen molar-refractivity contribution in [2.24, 2.45) is 7.05 Å². The first-order valence-electron chi connectivity index (χ1n) is 6.85. The Hall–Kier alpha value is -2.39. The van der Waals surface area contributed by atoms with E-state index in [2.05, 4.69) is 21.1 Å². The van der Waals surface area contributed by atoms with Gasteiger partial charge in [0.15, 0.2) is 0 Å². The van der Waals surface area contributed by atoms with Gasteiger partial charge in [-0.2, -0.15) is 10.4 Å². The summed E-state index contributed by atoms with van der Waals surface area (Å²) in [7, 11) is 1.89. The van der Waals surface area contributed by atoms with Gasteiger partial charge in [-0.05, 0) is 19.1 Å². The van der Waals surface area contributed by atoms with Gasteiger partial charge in [0.25, 0.3) is 0 Å². The Bertz CT molecular complexity index is 689. The normalized spacial score (nSPS) is 22.0. The van der Waals surface area contributed by atoms with Crippen molar-refractivity contribution in [3.05, 3.63) is 41.9 Å². The van der Waals surface area contributed by atoms with Gasteiger partial charge >= 0.3 is 0 Å². The van der Waals surface area contributed by atoms with E-state index < -0.39 is 5.60 Å². The lowest BCUT2D eigenvalue weighted by Crippen LogP contribution is -2.48. The molecule has 1 aliphatic rings. The molecule has 1 atom stereocenters. The fourth-order valence-corrected chi connectivity index (χ4v) is 2.66. The topological polar surface area (TPSA) is 67.0 Å². The number of aryl methyl sites for hydroxylation is 1. The Morgan fingerprint density at radius 1 is 1.48 bits per heavy atom. The van der Waals surface area contributed by atoms with Gasteiger partial charge in [0.2, 0.25) is 0 Å². The first kappa shape index (κ1) is 13.6. The average molecular weight is 283 g/mol. The molecule has 0 saturated carbocycles. The summed E-state index contributed by atoms with van der Waals surface area (Å²) < 4.78 is 7.75. The van der Waals surface area contributed by atoms with Crippen molar-refractivity contribution in [3.8, 4) is 6.07 Å². The highest BCUT2D eigenvalue weighted by Crippen LogP contribution is 2.31. The zero-order chi connectivity index (χ0) is 14.9. The van der Waals surface area contributed by atoms with E-state index in [0.29, 0.717) is 18.7 Å². The van der Waals surface area contributed by atoms with Crippen LogP contribution in [0.15, 0.2) is 30.7 Å². The fourth-order valence-electron chi connectivity index (χ4n) is 2.66. The lowest BCUT2D eigenvalue weighted by Gasteiger charge is -2.40. The molecule has 0 aromatic carbocycles. The van der Waals surface area contributed by atoms with Crippen molar-refractivity contribution >= 4 is 5.82 Å². The van der Waals surface area contributed by atoms with E-state index >= 15 is 0 Å². The van der Waals surface area contributed by atoms with Crippen molar-refractivity contribution in [1.82, 2.24) is 14.8 Å². The lowest BCUT2D eigenvalue weighted by molar-refractivity contribution is -0.0468. The molecule has 1 fully saturated rings. The average Bonchev–Trinajstić information content (AvgIpc) is 2.95. The molecule has 0 spiro atoms. The zero-order valence-corrected chi connectivity index (χ0v) is 12.2. The molecule has 0 radical (unpaired) electrons. The summed E-state index contributed by atoms with van der Waals surface area (Å²) in [6.07, 6.45) is 5.51. The molecule has 3 rings (SSSR count). The zero-order valence-electron chi connectivity index (χ0n) is 12.2. The fraction of sp³-hybridized carbons (Fsp3) is 0.400. The number of hydrogen-bond donors (Lipinski definition) is 0. The Morgan fingerprint density at radius 3 is 3.05 bits per heavy atom. The lowest BCUT2D eigenvalue weighted by atomic mass is 9.96. The molecule has 1 aliphatic heterocycles. The number of rotatable bonds is 2. The predicted octanol–water partition coefficient (Wildman–Crippen LogP) is 1.44. The number of pyridine rings is 1. The Morgan fingerprint density at radius 2 is 2.33 bits per heavy atom. The molecule has 1 saturated heterocycles. The Labute approximate surface area is 123 Å². The molecule has 6 heteroatoms. The van der Waals surface area contributed by atoms with Crippen molar-refractivity contribution < 1.29 is 4.74 Å². The number of ether oxygens (including phenoxy) is 1. The molecule has 0 N–H and O–H groups in total. The monoisotopic (exact) mass is 283 g/mol. The van der Waals surface area contributed by atoms with E-state index in [4.69, 9.17) is 4.74 Å². The van der Waals surface area contributed by atoms with Gasteiger partial charge < -0.3 is 9.64 Å². The largest absolute Gasteiger partial charge is 0.367 e. The summed E-state index contributed by atoms with van der Waals surface area (Å²) in [5.41, 5.74) is 1.17. The minimum Gasteiger partial charge on any atom is -0.367 e. The summed E-state index contributed by atoms with van der Waals surface area (Å²) in [5.74, 6) is 0.721. The van der Waals surface area contributed by atoms with E-state index in [9.17, 15) is 5.26 Å². The molecule has 0 aliphatic carbocycles. The van der Waals surface area contributed by atoms with Crippen LogP contribution in [-0.2, 0) is 17.4 Å². The van der Waals surface area contributed by atoms with E-state index in [1.165, 1.54) is 0 Å². The van der Waals surface area contributed by atoms with Crippen LogP contribution in [0.25, 0.3) is 0 Å². The highest BCUT2D eigenvalue weighted by atomic mass is 16.5. The van der Waals surface area contributed by atoms with Gasteiger partial charge in [-0.25, -0.2) is 4.98 Å². The smallest absolute Gasteiger partial charge is 0.146 e. The summed E-state index contributed by atoms with van der Waals surface area (Å²) in [6.45, 7) is 4.00. The van der Waals surface area contributed by atoms with Crippen LogP contribution in [0.2, 0.25) is 0 Å². The van der Waals surface area contributed by atoms with Crippen LogP contribution in [0.3, 0.4) is 0 Å². The molecule has 0 bridgehead atoms. The third-order valence-corrected chi connectivity index (χ3v) is 3.80. The minimum atomic E-state index is -0.448. The van der Waals surface area contributed by atoms with Crippen molar-refractivity contribution in [3.63, 3.8) is 0 Å². The Kier molecular flexibility index (Phi) is 3.35. The third kappa shape index (κ3) is 2.48. The highest BCUT2D eigenvalue weighted by molar-refractivity contribution is 5.54. The van der Waals surface area contributed by atoms with Crippen LogP contribution in [0.5, 0.6) is 0 Å². The molecule has 108 valence electrons. The van der Waals surface area contributed by atoms with Gasteiger partial charge in [0, 0.05) is 31.5 Å². The number of aromatic nitrogens is 3. The molecule has 3 heterocycles. The summed E-state index contributed by atoms with van der Waals surface area (Å²) in [5, 5.41) is 13.5. The standard InChI is InChI=1S/C15H17N5O/c1-15(13-9-18-19(2)10-13)11-20(6-7-21-15)14-12(8-16)4-3-5-17-14/h3-5,9-10H,6-7,11H2,1-2H3/t15-/m1/s1. The highest BCUT2D eigenvalue weighted by Gasteiger charge is 2.36. The van der Waals surface area contributed by atoms with Gasteiger partial charge in [0.1, 0.15) is 17.5 Å². The third-order valence-electron chi connectivity index (χ3n) is 3.80. The molecule has 6 nitrogen and oxygen atoms in total. The van der Waals surface area contributed by atoms with Gasteiger partial charge in [-0.1, -0.05) is 0 Å². The van der Waals surface area contributed by atoms with Gasteiger partial charge in [0.05, 0.1) is 24.9 Å². The number of nitrogens with zero attached hydrogens (tertiary/aromatic N) is 5. The number of anilines is 1. The summed E-state index contributed by atoms with van der Waals surface area (Å²) in [4.78, 5) is 6.47. The molecule has 2 aromatic rings. The van der Waals surface area contributed by atoms with Crippen molar-refractivity contribution in [2.45, 2.75) is 12.5 Å². The molecule has 21 heavy (non-hydrogen) atoms. The molecule has 2 aromatic heterocycles. The number of hydrogen-bond acceptors (Lipinski definition) is 5. The van der Waals surface area contributed by atoms with Crippen LogP contribution in [0, 0.1) is 11.3 Å². The number of morpholine rings is 1. The molecule has 0 amide bonds. The first-order valence-corrected chi connectivity index (χ1v) is 6.85. The van der Waals surface area contributed by atoms with E-state index in [-0.39, 0.29) is 0 Å². The second-order valence-electron chi connectivity index (χ2n) is 5.39. The SMILES string of the molecule is Cn1cc([C@@]2(C)CN(c3ncccc3C#N)CCO2)cn1. The second-order valence-corrected chi connectivity index (χ2v) is 5.39. The Balaban J connectivity index is 1.91. The summed E-state index contributed by atoms with van der Waals surface area (Å²) >= 11 is 0. The summed E-state index contributed by atoms with van der Waals surface area (Å²) in [6, 6.07) is 5.77. The predicted molar refractivity (Wildman–Crippen MR) is 77.7 cm³/mol. The molecular weight excluding hydrogens is 266 g/mol. The minimum absolute atomic E-state index is 0.448. The van der Waals surface area contributed by atoms with Crippen molar-refractivity contribution in [2.75, 3.05) is 24.6 Å². The second kappa shape index (κ2) is 5.19. The van der Waals surface area contributed by atoms with Crippen molar-refractivity contribution in [1.29, 1.82) is 5.26 Å². The maximum absolute atomic E-state index is 9.24. The van der Waals surface area contributed by atoms with Crippen LogP contribution >= 0.6 is 0 Å². The van der Waals surface area contributed by atoms with Gasteiger partial charge in [-0.15, -0.1) is 0 Å². The molecule has 0 unspecified atom stereocenters. The van der Waals surface area contributed by atoms with Crippen LogP contribution in [0.4, 0.5) is 5.82 Å². The van der Waals surface area contributed by atoms with Crippen LogP contribution in [0.1, 0.15) is 18.1 Å². The van der Waals surface area contributed by atoms with E-state index in [1.54, 1.807) is 23.0 Å².